The van der Waals surface area contributed by atoms with Crippen molar-refractivity contribution in [3.05, 3.63) is 59.4 Å². The molecular formula is C22H22N2O. The molecule has 3 heteroatoms. The average molecular weight is 330 g/mol. The van der Waals surface area contributed by atoms with E-state index in [1.807, 2.05) is 12.3 Å². The Kier molecular flexibility index (Phi) is 3.47. The number of aromatic nitrogens is 1. The number of hydrogen-bond acceptors (Lipinski definition) is 3. The molecule has 1 N–H and O–H groups in total. The van der Waals surface area contributed by atoms with E-state index >= 15 is 0 Å². The molecule has 1 aromatic heterocycles. The van der Waals surface area contributed by atoms with Crippen molar-refractivity contribution >= 4 is 22.4 Å². The molecule has 2 heterocycles. The number of nitrogens with one attached hydrogen (secondary N) is 1. The number of hydrogen-bond donors (Lipinski definition) is 1. The summed E-state index contributed by atoms with van der Waals surface area (Å²) in [6, 6.07) is 8.45. The van der Waals surface area contributed by atoms with Gasteiger partial charge in [0.05, 0.1) is 11.2 Å². The van der Waals surface area contributed by atoms with Crippen molar-refractivity contribution in [3.8, 4) is 0 Å². The van der Waals surface area contributed by atoms with Crippen molar-refractivity contribution in [1.29, 1.82) is 0 Å². The first-order valence-electron chi connectivity index (χ1n) is 9.39. The Hall–Kier alpha value is -2.42. The molecular weight excluding hydrogens is 308 g/mol. The average Bonchev–Trinajstić information content (AvgIpc) is 2.67. The topological polar surface area (TPSA) is 42.0 Å². The molecule has 0 saturated heterocycles. The summed E-state index contributed by atoms with van der Waals surface area (Å²) in [5, 5.41) is 4.81. The maximum Gasteiger partial charge on any atom is 0.161 e. The van der Waals surface area contributed by atoms with Crippen LogP contribution in [0.25, 0.3) is 10.9 Å². The van der Waals surface area contributed by atoms with E-state index in [-0.39, 0.29) is 5.92 Å². The van der Waals surface area contributed by atoms with Crippen LogP contribution in [0.1, 0.15) is 50.0 Å². The molecule has 2 unspecified atom stereocenters. The normalized spacial score (nSPS) is 25.5. The minimum atomic E-state index is 0.230. The summed E-state index contributed by atoms with van der Waals surface area (Å²) in [4.78, 5) is 17.3. The van der Waals surface area contributed by atoms with Crippen molar-refractivity contribution in [2.75, 3.05) is 5.32 Å². The van der Waals surface area contributed by atoms with Crippen LogP contribution in [0.5, 0.6) is 0 Å². The summed E-state index contributed by atoms with van der Waals surface area (Å²) < 4.78 is 0. The first-order chi connectivity index (χ1) is 12.3. The van der Waals surface area contributed by atoms with E-state index in [0.717, 1.165) is 43.2 Å². The summed E-state index contributed by atoms with van der Waals surface area (Å²) in [5.41, 5.74) is 5.72. The van der Waals surface area contributed by atoms with Crippen LogP contribution in [0.4, 0.5) is 5.69 Å². The van der Waals surface area contributed by atoms with Gasteiger partial charge < -0.3 is 5.32 Å². The fourth-order valence-electron chi connectivity index (χ4n) is 4.84. The summed E-state index contributed by atoms with van der Waals surface area (Å²) in [6.07, 6.45) is 12.4. The van der Waals surface area contributed by atoms with E-state index in [0.29, 0.717) is 18.1 Å². The van der Waals surface area contributed by atoms with Crippen molar-refractivity contribution in [2.24, 2.45) is 5.92 Å². The second-order valence-electron chi connectivity index (χ2n) is 7.42. The Morgan fingerprint density at radius 2 is 2.08 bits per heavy atom. The van der Waals surface area contributed by atoms with Crippen LogP contribution in [0, 0.1) is 5.92 Å². The minimum Gasteiger partial charge on any atom is -0.358 e. The maximum absolute atomic E-state index is 12.8. The van der Waals surface area contributed by atoms with E-state index in [1.165, 1.54) is 22.3 Å². The zero-order chi connectivity index (χ0) is 16.8. The lowest BCUT2D eigenvalue weighted by atomic mass is 9.69. The molecule has 0 amide bonds. The van der Waals surface area contributed by atoms with E-state index in [1.54, 1.807) is 0 Å². The molecule has 0 saturated carbocycles. The number of allylic oxidation sites excluding steroid dienone is 4. The van der Waals surface area contributed by atoms with Crippen LogP contribution in [0.15, 0.2) is 53.9 Å². The molecule has 2 aliphatic carbocycles. The van der Waals surface area contributed by atoms with Crippen molar-refractivity contribution in [3.63, 3.8) is 0 Å². The SMILES string of the molecule is O=C1CCCC2=C1C(C1CC=CCC1)c1ccc3ncccc3c1N2. The second kappa shape index (κ2) is 5.83. The monoisotopic (exact) mass is 330 g/mol. The van der Waals surface area contributed by atoms with Gasteiger partial charge in [-0.3, -0.25) is 9.78 Å². The zero-order valence-corrected chi connectivity index (χ0v) is 14.3. The Balaban J connectivity index is 1.73. The number of fused-ring (bicyclic) bond motifs is 3. The third-order valence-corrected chi connectivity index (χ3v) is 5.98. The highest BCUT2D eigenvalue weighted by atomic mass is 16.1. The molecule has 1 aromatic carbocycles. The molecule has 1 aliphatic heterocycles. The third kappa shape index (κ3) is 2.33. The smallest absolute Gasteiger partial charge is 0.161 e. The number of anilines is 1. The molecule has 0 bridgehead atoms. The number of carbonyl (C=O) groups excluding carboxylic acids is 1. The predicted molar refractivity (Wildman–Crippen MR) is 100 cm³/mol. The van der Waals surface area contributed by atoms with Gasteiger partial charge in [-0.05, 0) is 61.8 Å². The van der Waals surface area contributed by atoms with Crippen LogP contribution in [0.3, 0.4) is 0 Å². The van der Waals surface area contributed by atoms with Crippen molar-refractivity contribution < 1.29 is 4.79 Å². The van der Waals surface area contributed by atoms with Gasteiger partial charge in [0, 0.05) is 35.2 Å². The molecule has 126 valence electrons. The third-order valence-electron chi connectivity index (χ3n) is 5.98. The summed E-state index contributed by atoms with van der Waals surface area (Å²) in [6.45, 7) is 0. The van der Waals surface area contributed by atoms with E-state index in [2.05, 4.69) is 40.7 Å². The van der Waals surface area contributed by atoms with Gasteiger partial charge in [0.1, 0.15) is 0 Å². The number of pyridine rings is 1. The number of rotatable bonds is 1. The maximum atomic E-state index is 12.8. The van der Waals surface area contributed by atoms with Gasteiger partial charge in [0.25, 0.3) is 0 Å². The highest BCUT2D eigenvalue weighted by Crippen LogP contribution is 2.49. The lowest BCUT2D eigenvalue weighted by Crippen LogP contribution is -2.30. The van der Waals surface area contributed by atoms with Crippen LogP contribution in [0.2, 0.25) is 0 Å². The van der Waals surface area contributed by atoms with Crippen LogP contribution >= 0.6 is 0 Å². The Labute approximate surface area is 147 Å². The molecule has 3 aliphatic rings. The molecule has 3 nitrogen and oxygen atoms in total. The molecule has 2 atom stereocenters. The van der Waals surface area contributed by atoms with Gasteiger partial charge in [-0.15, -0.1) is 0 Å². The molecule has 5 rings (SSSR count). The van der Waals surface area contributed by atoms with Crippen molar-refractivity contribution in [2.45, 2.75) is 44.4 Å². The van der Waals surface area contributed by atoms with Crippen LogP contribution in [-0.2, 0) is 4.79 Å². The lowest BCUT2D eigenvalue weighted by Gasteiger charge is -2.38. The number of nitrogens with zero attached hydrogens (tertiary/aromatic N) is 1. The van der Waals surface area contributed by atoms with Gasteiger partial charge in [-0.1, -0.05) is 18.2 Å². The van der Waals surface area contributed by atoms with Gasteiger partial charge in [0.15, 0.2) is 5.78 Å². The molecule has 0 fully saturated rings. The standard InChI is InChI=1S/C22H22N2O/c25-19-10-4-9-18-21(19)20(14-6-2-1-3-7-14)16-11-12-17-15(22(16)24-18)8-5-13-23-17/h1-2,5,8,11-14,20,24H,3-4,6-7,9-10H2. The lowest BCUT2D eigenvalue weighted by molar-refractivity contribution is -0.116. The van der Waals surface area contributed by atoms with Gasteiger partial charge in [-0.2, -0.15) is 0 Å². The molecule has 0 radical (unpaired) electrons. The fourth-order valence-corrected chi connectivity index (χ4v) is 4.84. The van der Waals surface area contributed by atoms with Gasteiger partial charge in [0.2, 0.25) is 0 Å². The Morgan fingerprint density at radius 1 is 1.12 bits per heavy atom. The van der Waals surface area contributed by atoms with Crippen LogP contribution < -0.4 is 5.32 Å². The second-order valence-corrected chi connectivity index (χ2v) is 7.42. The van der Waals surface area contributed by atoms with Gasteiger partial charge in [-0.25, -0.2) is 0 Å². The largest absolute Gasteiger partial charge is 0.358 e. The van der Waals surface area contributed by atoms with Crippen molar-refractivity contribution in [1.82, 2.24) is 4.98 Å². The molecule has 0 spiro atoms. The fraction of sp³-hybridized carbons (Fsp3) is 0.364. The van der Waals surface area contributed by atoms with Crippen LogP contribution in [-0.4, -0.2) is 10.8 Å². The summed E-state index contributed by atoms with van der Waals surface area (Å²) in [5.74, 6) is 1.10. The minimum absolute atomic E-state index is 0.230. The highest BCUT2D eigenvalue weighted by molar-refractivity contribution is 6.03. The number of ketones is 1. The first kappa shape index (κ1) is 14.9. The summed E-state index contributed by atoms with van der Waals surface area (Å²) in [7, 11) is 0. The summed E-state index contributed by atoms with van der Waals surface area (Å²) >= 11 is 0. The zero-order valence-electron chi connectivity index (χ0n) is 14.3. The quantitative estimate of drug-likeness (QED) is 0.739. The number of benzene rings is 1. The number of carbonyl (C=O) groups is 1. The van der Waals surface area contributed by atoms with E-state index < -0.39 is 0 Å². The van der Waals surface area contributed by atoms with E-state index in [9.17, 15) is 4.79 Å². The first-order valence-corrected chi connectivity index (χ1v) is 9.39. The molecule has 2 aromatic rings. The predicted octanol–water partition coefficient (Wildman–Crippen LogP) is 5.11. The Bertz CT molecular complexity index is 925. The van der Waals surface area contributed by atoms with Gasteiger partial charge >= 0.3 is 0 Å². The molecule has 25 heavy (non-hydrogen) atoms. The highest BCUT2D eigenvalue weighted by Gasteiger charge is 2.38. The van der Waals surface area contributed by atoms with E-state index in [4.69, 9.17) is 0 Å². The number of Topliss-reactive ketones (excluding diaryl/α,β-unsaturated/α-hetero) is 1. The Morgan fingerprint density at radius 3 is 2.96 bits per heavy atom.